The van der Waals surface area contributed by atoms with Crippen molar-refractivity contribution in [2.24, 2.45) is 4.99 Å². The highest BCUT2D eigenvalue weighted by Gasteiger charge is 2.54. The van der Waals surface area contributed by atoms with Gasteiger partial charge in [-0.15, -0.1) is 0 Å². The van der Waals surface area contributed by atoms with Crippen molar-refractivity contribution in [2.45, 2.75) is 102 Å². The van der Waals surface area contributed by atoms with Crippen molar-refractivity contribution in [2.75, 3.05) is 20.7 Å². The summed E-state index contributed by atoms with van der Waals surface area (Å²) in [6.45, 7) is 21.5. The highest BCUT2D eigenvalue weighted by atomic mass is 28.4. The van der Waals surface area contributed by atoms with E-state index >= 15 is 0 Å². The molecule has 0 amide bonds. The first-order chi connectivity index (χ1) is 15.8. The van der Waals surface area contributed by atoms with Gasteiger partial charge < -0.3 is 23.6 Å². The number of hydrogen-bond donors (Lipinski definition) is 1. The molecule has 0 unspecified atom stereocenters. The molecule has 0 radical (unpaired) electrons. The monoisotopic (exact) mass is 526 g/mol. The van der Waals surface area contributed by atoms with E-state index in [1.54, 1.807) is 23.5 Å². The summed E-state index contributed by atoms with van der Waals surface area (Å²) in [5, 5.41) is 10.1. The smallest absolute Gasteiger partial charge is 0.351 e. The van der Waals surface area contributed by atoms with E-state index in [1.807, 2.05) is 14.1 Å². The van der Waals surface area contributed by atoms with Crippen molar-refractivity contribution in [3.05, 3.63) is 22.7 Å². The number of aromatic nitrogens is 2. The number of rotatable bonds is 8. The summed E-state index contributed by atoms with van der Waals surface area (Å²) in [4.78, 5) is 23.2. The third kappa shape index (κ3) is 6.89. The van der Waals surface area contributed by atoms with Gasteiger partial charge in [0.15, 0.2) is 28.7 Å². The molecule has 1 saturated heterocycles. The molecule has 1 aromatic rings. The van der Waals surface area contributed by atoms with Crippen LogP contribution in [0.2, 0.25) is 36.3 Å². The highest BCUT2D eigenvalue weighted by molar-refractivity contribution is 6.74. The van der Waals surface area contributed by atoms with E-state index in [9.17, 15) is 9.90 Å². The van der Waals surface area contributed by atoms with Crippen LogP contribution in [0.15, 0.2) is 22.1 Å². The van der Waals surface area contributed by atoms with Crippen LogP contribution in [0, 0.1) is 0 Å². The van der Waals surface area contributed by atoms with Crippen LogP contribution >= 0.6 is 0 Å². The third-order valence-electron chi connectivity index (χ3n) is 7.45. The Kier molecular flexibility index (Phi) is 8.99. The number of aliphatic imine (C=N–C) groups is 1. The molecule has 4 atom stereocenters. The summed E-state index contributed by atoms with van der Waals surface area (Å²) >= 11 is 0. The average molecular weight is 527 g/mol. The van der Waals surface area contributed by atoms with Crippen LogP contribution in [0.4, 0.5) is 5.82 Å². The Labute approximate surface area is 212 Å². The van der Waals surface area contributed by atoms with Crippen molar-refractivity contribution in [3.63, 3.8) is 0 Å². The first kappa shape index (κ1) is 29.9. The lowest BCUT2D eigenvalue weighted by molar-refractivity contribution is -0.0529. The van der Waals surface area contributed by atoms with E-state index in [2.05, 4.69) is 77.7 Å². The molecule has 0 aromatic carbocycles. The highest BCUT2D eigenvalue weighted by Crippen LogP contribution is 2.45. The Morgan fingerprint density at radius 1 is 1.09 bits per heavy atom. The maximum atomic E-state index is 13.1. The molecule has 0 aliphatic carbocycles. The molecule has 11 heteroatoms. The summed E-state index contributed by atoms with van der Waals surface area (Å²) < 4.78 is 21.4. The molecule has 200 valence electrons. The lowest BCUT2D eigenvalue weighted by Crippen LogP contribution is -2.54. The van der Waals surface area contributed by atoms with Gasteiger partial charge in [-0.2, -0.15) is 4.98 Å². The third-order valence-corrected chi connectivity index (χ3v) is 16.4. The standard InChI is InChI=1S/C24H46N4O5Si2/c1-23(2,3)34(9,10)32-19-17(15-29)31-21(20(19)33-35(11,12)24(4,5)6)28-14-13-18(26-22(28)30)25-16-27(7)8/h13-14,16-17,19-21,29H,15H2,1-12H3/b25-16+/t17-,19-,20+,21-/m1/s1. The van der Waals surface area contributed by atoms with Gasteiger partial charge in [0.2, 0.25) is 0 Å². The summed E-state index contributed by atoms with van der Waals surface area (Å²) in [5.74, 6) is 0.313. The minimum absolute atomic E-state index is 0.0445. The van der Waals surface area contributed by atoms with Crippen LogP contribution in [-0.2, 0) is 13.6 Å². The zero-order chi connectivity index (χ0) is 27.0. The number of nitrogens with zero attached hydrogens (tertiary/aromatic N) is 4. The molecule has 1 N–H and O–H groups in total. The predicted molar refractivity (Wildman–Crippen MR) is 145 cm³/mol. The molecule has 2 rings (SSSR count). The Morgan fingerprint density at radius 2 is 1.60 bits per heavy atom. The SMILES string of the molecule is CN(C)/C=N/c1ccn([C@@H]2O[C@H](CO)[C@@H](O[Si](C)(C)C(C)(C)C)[C@@H]2O[Si](C)(C)C(C)(C)C)c(=O)n1. The minimum atomic E-state index is -2.29. The van der Waals surface area contributed by atoms with E-state index in [0.29, 0.717) is 5.82 Å². The molecule has 0 saturated carbocycles. The van der Waals surface area contributed by atoms with Crippen LogP contribution in [-0.4, -0.2) is 81.5 Å². The topological polar surface area (TPSA) is 98.4 Å². The molecule has 35 heavy (non-hydrogen) atoms. The van der Waals surface area contributed by atoms with Crippen LogP contribution in [0.25, 0.3) is 0 Å². The number of aliphatic hydroxyl groups excluding tert-OH is 1. The van der Waals surface area contributed by atoms with Gasteiger partial charge >= 0.3 is 5.69 Å². The molecule has 0 bridgehead atoms. The van der Waals surface area contributed by atoms with Crippen LogP contribution in [0.1, 0.15) is 47.8 Å². The van der Waals surface area contributed by atoms with E-state index in [0.717, 1.165) is 0 Å². The predicted octanol–water partition coefficient (Wildman–Crippen LogP) is 4.14. The van der Waals surface area contributed by atoms with Crippen LogP contribution < -0.4 is 5.69 Å². The molecule has 2 heterocycles. The van der Waals surface area contributed by atoms with Crippen LogP contribution in [0.3, 0.4) is 0 Å². The zero-order valence-electron chi connectivity index (χ0n) is 23.6. The molecule has 1 aliphatic heterocycles. The molecular formula is C24H46N4O5Si2. The van der Waals surface area contributed by atoms with Gasteiger partial charge in [0.05, 0.1) is 12.9 Å². The van der Waals surface area contributed by atoms with Gasteiger partial charge in [-0.1, -0.05) is 41.5 Å². The van der Waals surface area contributed by atoms with Gasteiger partial charge in [0, 0.05) is 20.3 Å². The first-order valence-corrected chi connectivity index (χ1v) is 18.0. The maximum Gasteiger partial charge on any atom is 0.351 e. The van der Waals surface area contributed by atoms with Crippen molar-refractivity contribution in [1.29, 1.82) is 0 Å². The van der Waals surface area contributed by atoms with E-state index in [4.69, 9.17) is 13.6 Å². The van der Waals surface area contributed by atoms with Gasteiger partial charge in [0.1, 0.15) is 18.3 Å². The summed E-state index contributed by atoms with van der Waals surface area (Å²) in [6.07, 6.45) is 0.737. The molecular weight excluding hydrogens is 480 g/mol. The molecule has 1 aliphatic rings. The van der Waals surface area contributed by atoms with E-state index < -0.39 is 46.9 Å². The molecule has 1 aromatic heterocycles. The van der Waals surface area contributed by atoms with Crippen molar-refractivity contribution in [1.82, 2.24) is 14.5 Å². The van der Waals surface area contributed by atoms with Crippen molar-refractivity contribution < 1.29 is 18.7 Å². The Hall–Kier alpha value is -1.38. The first-order valence-electron chi connectivity index (χ1n) is 12.2. The second kappa shape index (κ2) is 10.5. The number of hydrogen-bond acceptors (Lipinski definition) is 7. The Morgan fingerprint density at radius 3 is 2.03 bits per heavy atom. The van der Waals surface area contributed by atoms with Gasteiger partial charge in [-0.25, -0.2) is 9.79 Å². The average Bonchev–Trinajstić information content (AvgIpc) is 3.00. The fourth-order valence-corrected chi connectivity index (χ4v) is 5.83. The Balaban J connectivity index is 2.56. The number of ether oxygens (including phenoxy) is 1. The quantitative estimate of drug-likeness (QED) is 0.309. The van der Waals surface area contributed by atoms with E-state index in [-0.39, 0.29) is 16.7 Å². The molecule has 1 fully saturated rings. The zero-order valence-corrected chi connectivity index (χ0v) is 25.6. The largest absolute Gasteiger partial charge is 0.408 e. The lowest BCUT2D eigenvalue weighted by atomic mass is 10.1. The maximum absolute atomic E-state index is 13.1. The molecule has 0 spiro atoms. The van der Waals surface area contributed by atoms with E-state index in [1.165, 1.54) is 4.57 Å². The summed E-state index contributed by atoms with van der Waals surface area (Å²) in [7, 11) is -0.853. The molecule has 9 nitrogen and oxygen atoms in total. The number of aliphatic hydroxyl groups is 1. The normalized spacial score (nSPS) is 24.4. The second-order valence-electron chi connectivity index (χ2n) is 12.6. The second-order valence-corrected chi connectivity index (χ2v) is 22.1. The van der Waals surface area contributed by atoms with Gasteiger partial charge in [0.25, 0.3) is 0 Å². The minimum Gasteiger partial charge on any atom is -0.408 e. The van der Waals surface area contributed by atoms with Crippen molar-refractivity contribution in [3.8, 4) is 0 Å². The lowest BCUT2D eigenvalue weighted by Gasteiger charge is -2.44. The van der Waals surface area contributed by atoms with Crippen LogP contribution in [0.5, 0.6) is 0 Å². The fraction of sp³-hybridized carbons (Fsp3) is 0.792. The van der Waals surface area contributed by atoms with Gasteiger partial charge in [-0.05, 0) is 42.3 Å². The van der Waals surface area contributed by atoms with Crippen molar-refractivity contribution >= 4 is 28.8 Å². The summed E-state index contributed by atoms with van der Waals surface area (Å²) in [5.41, 5.74) is -0.489. The fourth-order valence-electron chi connectivity index (χ4n) is 3.22. The summed E-state index contributed by atoms with van der Waals surface area (Å²) in [6, 6.07) is 1.67. The van der Waals surface area contributed by atoms with Gasteiger partial charge in [-0.3, -0.25) is 4.57 Å². The Bertz CT molecular complexity index is 950.